The number of pyridine rings is 6. The van der Waals surface area contributed by atoms with Gasteiger partial charge >= 0.3 is 7.12 Å². The number of amides is 1. The summed E-state index contributed by atoms with van der Waals surface area (Å²) in [5, 5.41) is 37.2. The number of aromatic nitrogens is 6. The summed E-state index contributed by atoms with van der Waals surface area (Å²) in [6.45, 7) is 4.48. The minimum Gasteiger partial charge on any atom is -0.496 e. The van der Waals surface area contributed by atoms with Gasteiger partial charge in [0.1, 0.15) is 64.1 Å². The molecule has 2 N–H and O–H groups in total. The number of ether oxygens (including phenoxy) is 6. The predicted octanol–water partition coefficient (Wildman–Crippen LogP) is 7.56. The van der Waals surface area contributed by atoms with Gasteiger partial charge in [0.25, 0.3) is 5.91 Å². The van der Waals surface area contributed by atoms with Gasteiger partial charge in [-0.15, -0.1) is 12.4 Å². The van der Waals surface area contributed by atoms with E-state index in [-0.39, 0.29) is 53.2 Å². The Morgan fingerprint density at radius 3 is 1.79 bits per heavy atom. The minimum absolute atomic E-state index is 0. The lowest BCUT2D eigenvalue weighted by atomic mass is 9.85. The van der Waals surface area contributed by atoms with Gasteiger partial charge < -0.3 is 52.2 Å². The fourth-order valence-corrected chi connectivity index (χ4v) is 8.03. The molecule has 10 rings (SSSR count). The van der Waals surface area contributed by atoms with Gasteiger partial charge in [-0.2, -0.15) is 10.5 Å². The number of nitrogens with zero attached hydrogens (tertiary/aromatic N) is 9. The molecule has 0 atom stereocenters. The molecule has 0 unspecified atom stereocenters. The van der Waals surface area contributed by atoms with E-state index in [1.165, 1.54) is 24.1 Å². The first-order chi connectivity index (χ1) is 35.9. The van der Waals surface area contributed by atoms with Crippen LogP contribution in [0.25, 0.3) is 56.1 Å². The monoisotopic (exact) mass is 1060 g/mol. The summed E-state index contributed by atoms with van der Waals surface area (Å²) in [5.41, 5.74) is 6.42. The molecule has 2 fully saturated rings. The number of methoxy groups -OCH3 is 2. The molecule has 2 saturated heterocycles. The molecule has 0 radical (unpaired) electrons. The highest BCUT2D eigenvalue weighted by Gasteiger charge is 2.23. The second-order valence-electron chi connectivity index (χ2n) is 16.9. The molecule has 0 spiro atoms. The number of nitriles is 2. The predicted molar refractivity (Wildman–Crippen MR) is 278 cm³/mol. The van der Waals surface area contributed by atoms with Gasteiger partial charge in [0.15, 0.2) is 34.1 Å². The van der Waals surface area contributed by atoms with E-state index in [2.05, 4.69) is 36.0 Å². The van der Waals surface area contributed by atoms with Crippen LogP contribution >= 0.6 is 24.0 Å². The maximum Gasteiger partial charge on any atom is 0.508 e. The smallest absolute Gasteiger partial charge is 0.496 e. The molecule has 10 heterocycles. The summed E-state index contributed by atoms with van der Waals surface area (Å²) in [5.74, 6) is 2.86. The zero-order valence-corrected chi connectivity index (χ0v) is 42.9. The van der Waals surface area contributed by atoms with Crippen LogP contribution in [-0.2, 0) is 9.47 Å². The van der Waals surface area contributed by atoms with Crippen molar-refractivity contribution in [1.82, 2.24) is 34.8 Å². The van der Waals surface area contributed by atoms with E-state index in [0.29, 0.717) is 105 Å². The van der Waals surface area contributed by atoms with Crippen LogP contribution < -0.4 is 24.5 Å². The molecule has 1 amide bonds. The fourth-order valence-electron chi connectivity index (χ4n) is 7.84. The zero-order chi connectivity index (χ0) is 52.3. The van der Waals surface area contributed by atoms with Crippen molar-refractivity contribution in [3.63, 3.8) is 0 Å². The van der Waals surface area contributed by atoms with E-state index in [4.69, 9.17) is 64.2 Å². The van der Waals surface area contributed by atoms with Crippen LogP contribution in [0.2, 0.25) is 5.02 Å². The molecule has 2 aliphatic rings. The Bertz CT molecular complexity index is 3370. The maximum absolute atomic E-state index is 12.3. The summed E-state index contributed by atoms with van der Waals surface area (Å²) < 4.78 is 45.2. The van der Waals surface area contributed by atoms with Gasteiger partial charge in [0, 0.05) is 100 Å². The number of aryl methyl sites for hydroxylation is 1. The lowest BCUT2D eigenvalue weighted by molar-refractivity contribution is 0.0251. The van der Waals surface area contributed by atoms with Crippen LogP contribution in [0.5, 0.6) is 23.0 Å². The second-order valence-corrected chi connectivity index (χ2v) is 17.3. The van der Waals surface area contributed by atoms with Crippen LogP contribution in [0, 0.1) is 29.6 Å². The molecule has 75 heavy (non-hydrogen) atoms. The van der Waals surface area contributed by atoms with Gasteiger partial charge in [-0.05, 0) is 43.3 Å². The Labute approximate surface area is 442 Å². The SMILES string of the molecule is COc1cc(C(=O)N(C)C)ncc1-c1cc2nccc(-c3ccc(OC4CCOCC4)c(C#N)n3)c2o1.COc1cc(C)ncc1-c1cc2nccc(Cl)c2o1.Cl.N#Cc1nc(B(O)O)ccc1OC1CCOCC1. The van der Waals surface area contributed by atoms with Gasteiger partial charge in [-0.3, -0.25) is 24.7 Å². The van der Waals surface area contributed by atoms with E-state index >= 15 is 0 Å². The number of fused-ring (bicyclic) bond motifs is 2. The number of carbonyl (C=O) groups excluding carboxylic acids is 1. The van der Waals surface area contributed by atoms with Crippen LogP contribution in [-0.4, -0.2) is 125 Å². The Kier molecular flexibility index (Phi) is 18.6. The Hall–Kier alpha value is -7.89. The molecular weight excluding hydrogens is 1010 g/mol. The molecule has 8 aromatic heterocycles. The van der Waals surface area contributed by atoms with Crippen LogP contribution in [0.3, 0.4) is 0 Å². The van der Waals surface area contributed by atoms with Crippen molar-refractivity contribution in [2.45, 2.75) is 44.8 Å². The van der Waals surface area contributed by atoms with Crippen molar-refractivity contribution >= 4 is 64.8 Å². The summed E-state index contributed by atoms with van der Waals surface area (Å²) >= 11 is 6.08. The van der Waals surface area contributed by atoms with Crippen molar-refractivity contribution in [2.75, 3.05) is 54.7 Å². The highest BCUT2D eigenvalue weighted by Crippen LogP contribution is 2.38. The number of carbonyl (C=O) groups is 1. The number of furan rings is 2. The minimum atomic E-state index is -1.69. The maximum atomic E-state index is 12.3. The molecule has 8 aromatic rings. The van der Waals surface area contributed by atoms with Gasteiger partial charge in [0.2, 0.25) is 0 Å². The topological polar surface area (TPSA) is 267 Å². The lowest BCUT2D eigenvalue weighted by Gasteiger charge is -2.23. The Balaban J connectivity index is 0.000000181. The molecule has 0 saturated carbocycles. The van der Waals surface area contributed by atoms with Gasteiger partial charge in [0.05, 0.1) is 68.1 Å². The third-order valence-electron chi connectivity index (χ3n) is 11.7. The molecule has 23 heteroatoms. The normalized spacial score (nSPS) is 13.4. The third kappa shape index (κ3) is 13.1. The Morgan fingerprint density at radius 1 is 0.693 bits per heavy atom. The average molecular weight is 1060 g/mol. The highest BCUT2D eigenvalue weighted by molar-refractivity contribution is 6.57. The zero-order valence-electron chi connectivity index (χ0n) is 41.4. The van der Waals surface area contributed by atoms with Gasteiger partial charge in [-0.1, -0.05) is 11.6 Å². The molecular formula is C52H50BCl2N9O11. The number of halogens is 2. The first kappa shape index (κ1) is 54.9. The molecule has 20 nitrogen and oxygen atoms in total. The summed E-state index contributed by atoms with van der Waals surface area (Å²) in [6, 6.07) is 21.1. The third-order valence-corrected chi connectivity index (χ3v) is 12.0. The van der Waals surface area contributed by atoms with Gasteiger partial charge in [-0.25, -0.2) is 9.97 Å². The summed E-state index contributed by atoms with van der Waals surface area (Å²) in [6.07, 6.45) is 9.67. The van der Waals surface area contributed by atoms with Crippen molar-refractivity contribution in [3.8, 4) is 69.0 Å². The quantitative estimate of drug-likeness (QED) is 0.118. The standard InChI is InChI=1S/C27H25N5O5.C14H11ClN2O2.C11H13BN2O4.ClH/c1-32(2)27(33)21-13-24(34-3)18(15-30-21)25-12-20-26(37-25)17(6-9-29-20)19-4-5-23(22(14-28)31-19)36-16-7-10-35-11-8-16;1-8-5-12(18-2)9(7-17-8)13-6-11-14(19-13)10(15)3-4-16-11;13-7-9-10(1-2-11(14-9)12(15)16)18-8-3-5-17-6-4-8;/h4-6,9,12-13,15-16H,7-8,10-11H2,1-3H3;3-7H,1-2H3;1-2,8,15-16H,3-6H2;1H. The van der Waals surface area contributed by atoms with E-state index in [0.717, 1.165) is 36.9 Å². The Morgan fingerprint density at radius 2 is 1.23 bits per heavy atom. The van der Waals surface area contributed by atoms with Crippen molar-refractivity contribution in [1.29, 1.82) is 10.5 Å². The number of hydrogen-bond acceptors (Lipinski definition) is 19. The van der Waals surface area contributed by atoms with Crippen molar-refractivity contribution < 1.29 is 52.1 Å². The number of rotatable bonds is 11. The van der Waals surface area contributed by atoms with E-state index in [1.807, 2.05) is 25.1 Å². The van der Waals surface area contributed by atoms with Crippen LogP contribution in [0.15, 0.2) is 94.3 Å². The largest absolute Gasteiger partial charge is 0.508 e. The van der Waals surface area contributed by atoms with E-state index in [1.54, 1.807) is 82.4 Å². The van der Waals surface area contributed by atoms with Crippen LogP contribution in [0.1, 0.15) is 53.3 Å². The summed E-state index contributed by atoms with van der Waals surface area (Å²) in [7, 11) is 4.77. The van der Waals surface area contributed by atoms with E-state index < -0.39 is 7.12 Å². The second kappa shape index (κ2) is 25.4. The lowest BCUT2D eigenvalue weighted by Crippen LogP contribution is -2.33. The van der Waals surface area contributed by atoms with Crippen molar-refractivity contribution in [3.05, 3.63) is 113 Å². The van der Waals surface area contributed by atoms with E-state index in [9.17, 15) is 10.1 Å². The summed E-state index contributed by atoms with van der Waals surface area (Å²) in [4.78, 5) is 39.4. The molecule has 2 aliphatic heterocycles. The number of hydrogen-bond donors (Lipinski definition) is 2. The first-order valence-corrected chi connectivity index (χ1v) is 23.6. The highest BCUT2D eigenvalue weighted by atomic mass is 35.5. The molecule has 0 aliphatic carbocycles. The molecule has 0 aromatic carbocycles. The molecule has 0 bridgehead atoms. The first-order valence-electron chi connectivity index (χ1n) is 23.2. The molecule has 386 valence electrons. The van der Waals surface area contributed by atoms with Crippen molar-refractivity contribution in [2.24, 2.45) is 0 Å². The average Bonchev–Trinajstić information content (AvgIpc) is 4.08. The van der Waals surface area contributed by atoms with Crippen LogP contribution in [0.4, 0.5) is 0 Å². The fraction of sp³-hybridized carbons (Fsp3) is 0.288.